The van der Waals surface area contributed by atoms with E-state index in [4.69, 9.17) is 9.05 Å². The summed E-state index contributed by atoms with van der Waals surface area (Å²) in [6.45, 7) is 4.78. The number of hydrogen-bond donors (Lipinski definition) is 0. The third-order valence-corrected chi connectivity index (χ3v) is 4.95. The van der Waals surface area contributed by atoms with Gasteiger partial charge in [0.05, 0.1) is 18.9 Å². The third-order valence-electron chi connectivity index (χ3n) is 2.90. The van der Waals surface area contributed by atoms with E-state index in [9.17, 15) is 4.57 Å². The molecule has 2 aromatic rings. The SMILES string of the molecule is CCOP(=O)(CC[n+]1ccc(-c2ccncn2)cn1)OCC.[Br-]. The van der Waals surface area contributed by atoms with Crippen LogP contribution in [0.25, 0.3) is 11.3 Å². The van der Waals surface area contributed by atoms with E-state index in [0.717, 1.165) is 11.3 Å². The Bertz CT molecular complexity index is 618. The van der Waals surface area contributed by atoms with Crippen LogP contribution in [0, 0.1) is 0 Å². The van der Waals surface area contributed by atoms with Crippen LogP contribution in [0.3, 0.4) is 0 Å². The molecule has 0 aliphatic rings. The average molecular weight is 403 g/mol. The maximum atomic E-state index is 12.4. The fourth-order valence-corrected chi connectivity index (χ4v) is 3.48. The predicted octanol–water partition coefficient (Wildman–Crippen LogP) is -0.904. The Morgan fingerprint density at radius 3 is 2.48 bits per heavy atom. The van der Waals surface area contributed by atoms with Crippen LogP contribution in [0.1, 0.15) is 13.8 Å². The minimum absolute atomic E-state index is 0. The van der Waals surface area contributed by atoms with Crippen molar-refractivity contribution in [3.8, 4) is 11.3 Å². The molecule has 7 nitrogen and oxygen atoms in total. The van der Waals surface area contributed by atoms with Crippen LogP contribution in [0.5, 0.6) is 0 Å². The molecule has 2 heterocycles. The molecule has 0 radical (unpaired) electrons. The fraction of sp³-hybridized carbons (Fsp3) is 0.429. The van der Waals surface area contributed by atoms with Crippen LogP contribution >= 0.6 is 7.60 Å². The van der Waals surface area contributed by atoms with Gasteiger partial charge >= 0.3 is 7.60 Å². The van der Waals surface area contributed by atoms with Crippen molar-refractivity contribution in [3.05, 3.63) is 37.1 Å². The standard InChI is InChI=1S/C14H20N4O3P.BrH/c1-3-20-22(19,21-4-2)10-9-18-8-6-13(11-17-18)14-5-7-15-12-16-14;/h5-8,11-12H,3-4,9-10H2,1-2H3;1H/q+1;/p-1. The van der Waals surface area contributed by atoms with Gasteiger partial charge in [-0.2, -0.15) is 0 Å². The molecule has 0 bridgehead atoms. The lowest BCUT2D eigenvalue weighted by Crippen LogP contribution is -3.00. The van der Waals surface area contributed by atoms with E-state index < -0.39 is 7.60 Å². The zero-order valence-electron chi connectivity index (χ0n) is 13.1. The second kappa shape index (κ2) is 9.82. The van der Waals surface area contributed by atoms with Crippen LogP contribution in [-0.4, -0.2) is 34.4 Å². The summed E-state index contributed by atoms with van der Waals surface area (Å²) in [4.78, 5) is 8.05. The zero-order chi connectivity index (χ0) is 15.8. The molecule has 0 aliphatic heterocycles. The van der Waals surface area contributed by atoms with Gasteiger partial charge in [0, 0.05) is 17.8 Å². The fourth-order valence-electron chi connectivity index (χ4n) is 1.91. The number of nitrogens with zero attached hydrogens (tertiary/aromatic N) is 4. The van der Waals surface area contributed by atoms with E-state index in [1.165, 1.54) is 6.33 Å². The highest BCUT2D eigenvalue weighted by Gasteiger charge is 2.25. The molecule has 0 saturated heterocycles. The van der Waals surface area contributed by atoms with Gasteiger partial charge in [0.25, 0.3) is 0 Å². The smallest absolute Gasteiger partial charge is 0.337 e. The Labute approximate surface area is 146 Å². The van der Waals surface area contributed by atoms with Gasteiger partial charge < -0.3 is 26.0 Å². The molecule has 0 spiro atoms. The van der Waals surface area contributed by atoms with Crippen molar-refractivity contribution in [2.45, 2.75) is 20.4 Å². The first kappa shape index (κ1) is 19.8. The van der Waals surface area contributed by atoms with Gasteiger partial charge in [-0.3, -0.25) is 4.57 Å². The van der Waals surface area contributed by atoms with E-state index >= 15 is 0 Å². The van der Waals surface area contributed by atoms with Gasteiger partial charge in [0.15, 0.2) is 12.7 Å². The quantitative estimate of drug-likeness (QED) is 0.420. The lowest BCUT2D eigenvalue weighted by atomic mass is 10.2. The Balaban J connectivity index is 0.00000264. The van der Waals surface area contributed by atoms with Crippen LogP contribution in [0.15, 0.2) is 37.1 Å². The molecule has 2 rings (SSSR count). The molecule has 0 unspecified atom stereocenters. The average Bonchev–Trinajstić information content (AvgIpc) is 2.55. The maximum Gasteiger partial charge on any atom is 0.337 e. The largest absolute Gasteiger partial charge is 1.00 e. The summed E-state index contributed by atoms with van der Waals surface area (Å²) < 4.78 is 24.6. The molecule has 23 heavy (non-hydrogen) atoms. The predicted molar refractivity (Wildman–Crippen MR) is 81.2 cm³/mol. The third kappa shape index (κ3) is 6.06. The number of hydrogen-bond acceptors (Lipinski definition) is 6. The van der Waals surface area contributed by atoms with Crippen molar-refractivity contribution in [2.24, 2.45) is 0 Å². The summed E-state index contributed by atoms with van der Waals surface area (Å²) in [7, 11) is -3.04. The van der Waals surface area contributed by atoms with Crippen LogP contribution < -0.4 is 21.7 Å². The Morgan fingerprint density at radius 1 is 1.22 bits per heavy atom. The first-order valence-electron chi connectivity index (χ1n) is 7.17. The van der Waals surface area contributed by atoms with Crippen molar-refractivity contribution >= 4 is 7.60 Å². The van der Waals surface area contributed by atoms with E-state index in [1.807, 2.05) is 18.3 Å². The molecule has 0 atom stereocenters. The molecule has 0 saturated carbocycles. The van der Waals surface area contributed by atoms with E-state index in [-0.39, 0.29) is 17.0 Å². The van der Waals surface area contributed by atoms with Crippen molar-refractivity contribution in [3.63, 3.8) is 0 Å². The second-order valence-corrected chi connectivity index (χ2v) is 6.63. The molecule has 9 heteroatoms. The molecule has 0 amide bonds. The Morgan fingerprint density at radius 2 is 1.96 bits per heavy atom. The number of aryl methyl sites for hydroxylation is 1. The molecule has 126 valence electrons. The normalized spacial score (nSPS) is 11.0. The van der Waals surface area contributed by atoms with E-state index in [2.05, 4.69) is 15.1 Å². The van der Waals surface area contributed by atoms with Gasteiger partial charge in [-0.25, -0.2) is 9.97 Å². The molecule has 0 aliphatic carbocycles. The van der Waals surface area contributed by atoms with Crippen LogP contribution in [0.4, 0.5) is 0 Å². The number of rotatable bonds is 8. The lowest BCUT2D eigenvalue weighted by Gasteiger charge is -2.14. The maximum absolute atomic E-state index is 12.4. The zero-order valence-corrected chi connectivity index (χ0v) is 15.6. The monoisotopic (exact) mass is 402 g/mol. The minimum Gasteiger partial charge on any atom is -1.00 e. The highest BCUT2D eigenvalue weighted by molar-refractivity contribution is 7.53. The summed E-state index contributed by atoms with van der Waals surface area (Å²) in [6.07, 6.45) is 7.01. The van der Waals surface area contributed by atoms with Crippen LogP contribution in [-0.2, 0) is 20.2 Å². The highest BCUT2D eigenvalue weighted by atomic mass is 79.9. The first-order valence-corrected chi connectivity index (χ1v) is 8.90. The van der Waals surface area contributed by atoms with Gasteiger partial charge in [-0.1, -0.05) is 4.68 Å². The molecular formula is C14H20BrN4O3P. The lowest BCUT2D eigenvalue weighted by molar-refractivity contribution is -0.750. The highest BCUT2D eigenvalue weighted by Crippen LogP contribution is 2.47. The summed E-state index contributed by atoms with van der Waals surface area (Å²) in [5.41, 5.74) is 1.71. The topological polar surface area (TPSA) is 78.1 Å². The van der Waals surface area contributed by atoms with Gasteiger partial charge in [0.2, 0.25) is 0 Å². The van der Waals surface area contributed by atoms with E-state index in [0.29, 0.717) is 25.9 Å². The van der Waals surface area contributed by atoms with Crippen molar-refractivity contribution < 1.29 is 35.3 Å². The molecule has 0 aromatic carbocycles. The van der Waals surface area contributed by atoms with Crippen molar-refractivity contribution in [2.75, 3.05) is 19.4 Å². The van der Waals surface area contributed by atoms with Crippen molar-refractivity contribution in [1.29, 1.82) is 0 Å². The summed E-state index contributed by atoms with van der Waals surface area (Å²) in [5, 5.41) is 4.30. The molecule has 0 fully saturated rings. The Hall–Kier alpha value is -1.21. The van der Waals surface area contributed by atoms with E-state index in [1.54, 1.807) is 30.9 Å². The number of halogens is 1. The number of aromatic nitrogens is 4. The summed E-state index contributed by atoms with van der Waals surface area (Å²) in [5.74, 6) is 0. The van der Waals surface area contributed by atoms with Crippen molar-refractivity contribution in [1.82, 2.24) is 15.1 Å². The van der Waals surface area contributed by atoms with Gasteiger partial charge in [0.1, 0.15) is 18.7 Å². The van der Waals surface area contributed by atoms with Gasteiger partial charge in [-0.15, -0.1) is 0 Å². The van der Waals surface area contributed by atoms with Gasteiger partial charge in [-0.05, 0) is 25.0 Å². The minimum atomic E-state index is -3.04. The second-order valence-electron chi connectivity index (χ2n) is 4.44. The molecule has 0 N–H and O–H groups in total. The summed E-state index contributed by atoms with van der Waals surface area (Å²) >= 11 is 0. The molecular weight excluding hydrogens is 383 g/mol. The van der Waals surface area contributed by atoms with Crippen LogP contribution in [0.2, 0.25) is 0 Å². The molecule has 2 aromatic heterocycles. The first-order chi connectivity index (χ1) is 10.7. The Kier molecular flexibility index (Phi) is 8.47. The summed E-state index contributed by atoms with van der Waals surface area (Å²) in [6, 6.07) is 3.72.